The van der Waals surface area contributed by atoms with Crippen molar-refractivity contribution in [3.8, 4) is 0 Å². The van der Waals surface area contributed by atoms with Crippen LogP contribution in [0.25, 0.3) is 10.8 Å². The number of carbonyl (C=O) groups is 1. The first kappa shape index (κ1) is 19.2. The first-order valence-corrected chi connectivity index (χ1v) is 10.5. The molecule has 5 nitrogen and oxygen atoms in total. The fourth-order valence-electron chi connectivity index (χ4n) is 4.68. The van der Waals surface area contributed by atoms with Crippen LogP contribution < -0.4 is 4.90 Å². The average molecular weight is 409 g/mol. The van der Waals surface area contributed by atoms with Crippen LogP contribution in [0.4, 0.5) is 5.69 Å². The summed E-state index contributed by atoms with van der Waals surface area (Å²) >= 11 is 0. The van der Waals surface area contributed by atoms with Gasteiger partial charge in [0.1, 0.15) is 5.76 Å². The summed E-state index contributed by atoms with van der Waals surface area (Å²) in [7, 11) is 0. The first-order valence-electron chi connectivity index (χ1n) is 10.5. The van der Waals surface area contributed by atoms with Crippen LogP contribution in [0.15, 0.2) is 89.4 Å². The molecule has 0 bridgehead atoms. The number of anilines is 1. The molecule has 2 aromatic heterocycles. The molecule has 4 aromatic rings. The topological polar surface area (TPSA) is 59.2 Å². The second kappa shape index (κ2) is 7.51. The van der Waals surface area contributed by atoms with Crippen molar-refractivity contribution in [2.75, 3.05) is 11.4 Å². The molecule has 2 aromatic carbocycles. The van der Waals surface area contributed by atoms with Gasteiger partial charge in [0, 0.05) is 47.9 Å². The van der Waals surface area contributed by atoms with Gasteiger partial charge in [0.25, 0.3) is 0 Å². The Balaban J connectivity index is 1.73. The second-order valence-corrected chi connectivity index (χ2v) is 7.98. The maximum atomic E-state index is 13.1. The molecule has 0 saturated carbocycles. The number of hydrogen-bond acceptors (Lipinski definition) is 5. The zero-order valence-electron chi connectivity index (χ0n) is 17.6. The highest BCUT2D eigenvalue weighted by molar-refractivity contribution is 6.05. The molecule has 1 atom stereocenters. The maximum absolute atomic E-state index is 13.1. The van der Waals surface area contributed by atoms with Gasteiger partial charge in [-0.2, -0.15) is 0 Å². The van der Waals surface area contributed by atoms with Gasteiger partial charge in [-0.3, -0.25) is 4.79 Å². The fourth-order valence-corrected chi connectivity index (χ4v) is 4.68. The van der Waals surface area contributed by atoms with Crippen LogP contribution in [-0.2, 0) is 11.8 Å². The summed E-state index contributed by atoms with van der Waals surface area (Å²) in [5.41, 5.74) is 2.85. The molecule has 1 aliphatic rings. The molecule has 1 unspecified atom stereocenters. The highest BCUT2D eigenvalue weighted by atomic mass is 16.3. The van der Waals surface area contributed by atoms with E-state index in [1.807, 2.05) is 12.1 Å². The molecule has 31 heavy (non-hydrogen) atoms. The number of furan rings is 1. The van der Waals surface area contributed by atoms with Crippen molar-refractivity contribution in [2.45, 2.75) is 25.7 Å². The Morgan fingerprint density at radius 2 is 1.87 bits per heavy atom. The highest BCUT2D eigenvalue weighted by Crippen LogP contribution is 2.52. The highest BCUT2D eigenvalue weighted by Gasteiger charge is 2.45. The lowest BCUT2D eigenvalue weighted by Gasteiger charge is -2.29. The van der Waals surface area contributed by atoms with E-state index in [1.165, 1.54) is 16.3 Å². The fraction of sp³-hybridized carbons (Fsp3) is 0.192. The molecule has 1 aliphatic heterocycles. The summed E-state index contributed by atoms with van der Waals surface area (Å²) in [4.78, 5) is 23.7. The third-order valence-corrected chi connectivity index (χ3v) is 6.10. The van der Waals surface area contributed by atoms with Crippen molar-refractivity contribution in [1.29, 1.82) is 0 Å². The number of benzene rings is 2. The molecule has 3 heterocycles. The number of fused-ring (bicyclic) bond motifs is 3. The third-order valence-electron chi connectivity index (χ3n) is 6.10. The van der Waals surface area contributed by atoms with E-state index < -0.39 is 5.41 Å². The molecule has 5 heteroatoms. The Morgan fingerprint density at radius 1 is 1.06 bits per heavy atom. The van der Waals surface area contributed by atoms with Crippen molar-refractivity contribution in [2.24, 2.45) is 0 Å². The Bertz CT molecular complexity index is 1280. The summed E-state index contributed by atoms with van der Waals surface area (Å²) in [5, 5.41) is 2.36. The number of nitrogens with zero attached hydrogens (tertiary/aromatic N) is 3. The van der Waals surface area contributed by atoms with Crippen molar-refractivity contribution in [3.05, 3.63) is 102 Å². The summed E-state index contributed by atoms with van der Waals surface area (Å²) in [6, 6.07) is 18.3. The number of hydrogen-bond donors (Lipinski definition) is 0. The molecule has 5 rings (SSSR count). The lowest BCUT2D eigenvalue weighted by molar-refractivity contribution is 0.103. The zero-order valence-corrected chi connectivity index (χ0v) is 17.6. The van der Waals surface area contributed by atoms with Gasteiger partial charge in [-0.1, -0.05) is 36.4 Å². The van der Waals surface area contributed by atoms with Crippen molar-refractivity contribution < 1.29 is 9.21 Å². The van der Waals surface area contributed by atoms with Crippen LogP contribution in [0.2, 0.25) is 0 Å². The lowest BCUT2D eigenvalue weighted by atomic mass is 9.77. The number of likely N-dealkylation sites (N-methyl/N-ethyl adjacent to an activating group) is 1. The standard InChI is InChI=1S/C26H23N3O2/c1-3-29-23(16-22(30)25-27-13-7-14-28-25)26(2,17-19-9-6-15-31-19)21-12-11-18-8-4-5-10-20(18)24(21)29/h4-16H,3,17H2,1-2H3/b23-16-. The van der Waals surface area contributed by atoms with E-state index in [4.69, 9.17) is 4.42 Å². The molecule has 0 N–H and O–H groups in total. The lowest BCUT2D eigenvalue weighted by Crippen LogP contribution is -2.31. The molecular weight excluding hydrogens is 386 g/mol. The maximum Gasteiger partial charge on any atom is 0.224 e. The SMILES string of the molecule is CCN1/C(=C\C(=O)c2ncccn2)C(C)(Cc2ccco2)c2ccc3ccccc3c21. The van der Waals surface area contributed by atoms with Crippen LogP contribution in [0.5, 0.6) is 0 Å². The third kappa shape index (κ3) is 3.13. The second-order valence-electron chi connectivity index (χ2n) is 7.98. The average Bonchev–Trinajstić information content (AvgIpc) is 3.39. The Kier molecular flexibility index (Phi) is 4.66. The van der Waals surface area contributed by atoms with Crippen LogP contribution in [0, 0.1) is 0 Å². The molecule has 0 aliphatic carbocycles. The Hall–Kier alpha value is -3.73. The molecule has 0 fully saturated rings. The van der Waals surface area contributed by atoms with Gasteiger partial charge in [-0.05, 0) is 43.0 Å². The predicted molar refractivity (Wildman–Crippen MR) is 121 cm³/mol. The quantitative estimate of drug-likeness (QED) is 0.329. The normalized spacial score (nSPS) is 19.2. The van der Waals surface area contributed by atoms with Gasteiger partial charge >= 0.3 is 0 Å². The number of allylic oxidation sites excluding steroid dienone is 2. The van der Waals surface area contributed by atoms with Crippen LogP contribution in [0.3, 0.4) is 0 Å². The summed E-state index contributed by atoms with van der Waals surface area (Å²) in [5.74, 6) is 0.887. The number of carbonyl (C=O) groups excluding carboxylic acids is 1. The van der Waals surface area contributed by atoms with Gasteiger partial charge in [-0.25, -0.2) is 9.97 Å². The van der Waals surface area contributed by atoms with E-state index >= 15 is 0 Å². The van der Waals surface area contributed by atoms with E-state index in [0.717, 1.165) is 23.7 Å². The summed E-state index contributed by atoms with van der Waals surface area (Å²) in [6.07, 6.45) is 7.23. The molecular formula is C26H23N3O2. The van der Waals surface area contributed by atoms with Gasteiger partial charge in [-0.15, -0.1) is 0 Å². The van der Waals surface area contributed by atoms with Crippen molar-refractivity contribution in [1.82, 2.24) is 9.97 Å². The molecule has 0 saturated heterocycles. The Labute approximate surface area is 181 Å². The smallest absolute Gasteiger partial charge is 0.224 e. The molecule has 0 amide bonds. The first-order chi connectivity index (χ1) is 15.1. The van der Waals surface area contributed by atoms with E-state index in [0.29, 0.717) is 6.42 Å². The van der Waals surface area contributed by atoms with Crippen LogP contribution in [0.1, 0.15) is 35.8 Å². The van der Waals surface area contributed by atoms with Gasteiger partial charge < -0.3 is 9.32 Å². The molecule has 154 valence electrons. The largest absolute Gasteiger partial charge is 0.469 e. The molecule has 0 radical (unpaired) electrons. The number of ketones is 1. The van der Waals surface area contributed by atoms with Gasteiger partial charge in [0.15, 0.2) is 5.82 Å². The minimum absolute atomic E-state index is 0.197. The summed E-state index contributed by atoms with van der Waals surface area (Å²) < 4.78 is 5.71. The van der Waals surface area contributed by atoms with E-state index in [9.17, 15) is 4.79 Å². The van der Waals surface area contributed by atoms with E-state index in [-0.39, 0.29) is 11.6 Å². The molecule has 0 spiro atoms. The number of aromatic nitrogens is 2. The zero-order chi connectivity index (χ0) is 21.4. The van der Waals surface area contributed by atoms with E-state index in [1.54, 1.807) is 30.8 Å². The summed E-state index contributed by atoms with van der Waals surface area (Å²) in [6.45, 7) is 5.04. The minimum atomic E-state index is -0.433. The van der Waals surface area contributed by atoms with Gasteiger partial charge in [0.05, 0.1) is 12.0 Å². The van der Waals surface area contributed by atoms with E-state index in [2.05, 4.69) is 65.1 Å². The predicted octanol–water partition coefficient (Wildman–Crippen LogP) is 5.33. The van der Waals surface area contributed by atoms with Crippen molar-refractivity contribution in [3.63, 3.8) is 0 Å². The van der Waals surface area contributed by atoms with Gasteiger partial charge in [0.2, 0.25) is 5.78 Å². The Morgan fingerprint density at radius 3 is 2.61 bits per heavy atom. The van der Waals surface area contributed by atoms with Crippen LogP contribution in [-0.4, -0.2) is 22.3 Å². The number of rotatable bonds is 5. The minimum Gasteiger partial charge on any atom is -0.469 e. The van der Waals surface area contributed by atoms with Crippen molar-refractivity contribution >= 4 is 22.2 Å². The van der Waals surface area contributed by atoms with Crippen LogP contribution >= 0.6 is 0 Å². The monoisotopic (exact) mass is 409 g/mol.